The van der Waals surface area contributed by atoms with Gasteiger partial charge in [-0.25, -0.2) is 0 Å². The molecule has 1 amide bonds. The van der Waals surface area contributed by atoms with Crippen LogP contribution >= 0.6 is 11.6 Å². The third kappa shape index (κ3) is 3.38. The number of hydrogen-bond acceptors (Lipinski definition) is 3. The summed E-state index contributed by atoms with van der Waals surface area (Å²) in [6, 6.07) is 2.36. The molecule has 0 N–H and O–H groups in total. The molecule has 0 atom stereocenters. The van der Waals surface area contributed by atoms with Crippen LogP contribution in [0.5, 0.6) is 0 Å². The van der Waals surface area contributed by atoms with Crippen LogP contribution in [0.4, 0.5) is 0 Å². The number of amides is 1. The molecule has 1 aromatic rings. The van der Waals surface area contributed by atoms with Crippen molar-refractivity contribution in [3.8, 4) is 0 Å². The van der Waals surface area contributed by atoms with Gasteiger partial charge >= 0.3 is 0 Å². The van der Waals surface area contributed by atoms with E-state index in [4.69, 9.17) is 11.6 Å². The molecule has 0 bridgehead atoms. The fourth-order valence-corrected chi connectivity index (χ4v) is 3.64. The van der Waals surface area contributed by atoms with Gasteiger partial charge < -0.3 is 9.80 Å². The molecule has 2 fully saturated rings. The van der Waals surface area contributed by atoms with Crippen LogP contribution in [0, 0.1) is 0 Å². The highest BCUT2D eigenvalue weighted by Crippen LogP contribution is 2.23. The monoisotopic (exact) mass is 307 g/mol. The highest BCUT2D eigenvalue weighted by molar-refractivity contribution is 6.33. The minimum Gasteiger partial charge on any atom is -0.338 e. The van der Waals surface area contributed by atoms with Crippen molar-refractivity contribution in [2.45, 2.75) is 38.1 Å². The number of hydrogen-bond donors (Lipinski definition) is 0. The van der Waals surface area contributed by atoms with Gasteiger partial charge in [0.1, 0.15) is 0 Å². The van der Waals surface area contributed by atoms with E-state index in [1.165, 1.54) is 38.5 Å². The highest BCUT2D eigenvalue weighted by Gasteiger charge is 2.28. The summed E-state index contributed by atoms with van der Waals surface area (Å²) in [5, 5.41) is 0.445. The molecule has 0 spiro atoms. The number of aromatic nitrogens is 1. The number of carbonyl (C=O) groups is 1. The molecule has 0 unspecified atom stereocenters. The maximum Gasteiger partial charge on any atom is 0.255 e. The zero-order valence-corrected chi connectivity index (χ0v) is 13.1. The van der Waals surface area contributed by atoms with Crippen LogP contribution in [0.25, 0.3) is 0 Å². The Hall–Kier alpha value is -1.13. The largest absolute Gasteiger partial charge is 0.338 e. The first-order chi connectivity index (χ1) is 10.3. The van der Waals surface area contributed by atoms with Crippen molar-refractivity contribution >= 4 is 17.5 Å². The number of halogens is 1. The summed E-state index contributed by atoms with van der Waals surface area (Å²) in [4.78, 5) is 21.0. The summed E-state index contributed by atoms with van der Waals surface area (Å²) >= 11 is 6.07. The minimum absolute atomic E-state index is 0.0412. The van der Waals surface area contributed by atoms with E-state index in [9.17, 15) is 4.79 Å². The van der Waals surface area contributed by atoms with Crippen LogP contribution in [0.15, 0.2) is 18.5 Å². The van der Waals surface area contributed by atoms with Gasteiger partial charge in [0.15, 0.2) is 0 Å². The first kappa shape index (κ1) is 14.8. The van der Waals surface area contributed by atoms with Gasteiger partial charge in [-0.15, -0.1) is 0 Å². The molecular formula is C16H22ClN3O. The second-order valence-corrected chi connectivity index (χ2v) is 6.38. The second-order valence-electron chi connectivity index (χ2n) is 5.98. The molecule has 2 aliphatic rings. The standard InChI is InChI=1S/C16H22ClN3O/c17-15-12-18-7-4-14(15)16(21)20-10-5-13(6-11-20)19-8-2-1-3-9-19/h4,7,12-13H,1-3,5-6,8-11H2. The Bertz CT molecular complexity index is 494. The average Bonchev–Trinajstić information content (AvgIpc) is 2.56. The Morgan fingerprint density at radius 1 is 1.14 bits per heavy atom. The molecule has 3 rings (SSSR count). The van der Waals surface area contributed by atoms with Crippen molar-refractivity contribution in [1.82, 2.24) is 14.8 Å². The molecule has 2 aliphatic heterocycles. The van der Waals surface area contributed by atoms with Gasteiger partial charge in [-0.3, -0.25) is 9.78 Å². The van der Waals surface area contributed by atoms with Crippen LogP contribution in [0.1, 0.15) is 42.5 Å². The molecule has 114 valence electrons. The van der Waals surface area contributed by atoms with Gasteiger partial charge in [-0.1, -0.05) is 18.0 Å². The lowest BCUT2D eigenvalue weighted by Crippen LogP contribution is -2.48. The molecule has 3 heterocycles. The zero-order valence-electron chi connectivity index (χ0n) is 12.3. The molecule has 1 aromatic heterocycles. The first-order valence-electron chi connectivity index (χ1n) is 7.88. The van der Waals surface area contributed by atoms with Crippen LogP contribution in [-0.4, -0.2) is 52.9 Å². The lowest BCUT2D eigenvalue weighted by atomic mass is 9.99. The number of nitrogens with zero attached hydrogens (tertiary/aromatic N) is 3. The van der Waals surface area contributed by atoms with Gasteiger partial charge in [-0.2, -0.15) is 0 Å². The van der Waals surface area contributed by atoms with Crippen LogP contribution < -0.4 is 0 Å². The number of likely N-dealkylation sites (tertiary alicyclic amines) is 2. The summed E-state index contributed by atoms with van der Waals surface area (Å²) in [5.41, 5.74) is 0.572. The average molecular weight is 308 g/mol. The van der Waals surface area contributed by atoms with E-state index in [0.29, 0.717) is 16.6 Å². The van der Waals surface area contributed by atoms with Crippen molar-refractivity contribution in [3.63, 3.8) is 0 Å². The van der Waals surface area contributed by atoms with Gasteiger partial charge in [0.25, 0.3) is 5.91 Å². The molecular weight excluding hydrogens is 286 g/mol. The number of piperidine rings is 2. The lowest BCUT2D eigenvalue weighted by Gasteiger charge is -2.40. The lowest BCUT2D eigenvalue weighted by molar-refractivity contribution is 0.0590. The molecule has 5 heteroatoms. The molecule has 0 saturated carbocycles. The Morgan fingerprint density at radius 3 is 2.52 bits per heavy atom. The quantitative estimate of drug-likeness (QED) is 0.843. The fraction of sp³-hybridized carbons (Fsp3) is 0.625. The third-order valence-corrected chi connectivity index (χ3v) is 4.96. The van der Waals surface area contributed by atoms with E-state index >= 15 is 0 Å². The smallest absolute Gasteiger partial charge is 0.255 e. The third-order valence-electron chi connectivity index (χ3n) is 4.66. The van der Waals surface area contributed by atoms with Gasteiger partial charge in [0.2, 0.25) is 0 Å². The van der Waals surface area contributed by atoms with Gasteiger partial charge in [0.05, 0.1) is 10.6 Å². The molecule has 0 aliphatic carbocycles. The minimum atomic E-state index is 0.0412. The van der Waals surface area contributed by atoms with Crippen molar-refractivity contribution < 1.29 is 4.79 Å². The fourth-order valence-electron chi connectivity index (χ4n) is 3.44. The normalized spacial score (nSPS) is 21.5. The van der Waals surface area contributed by atoms with Gasteiger partial charge in [0, 0.05) is 31.5 Å². The Labute approximate surface area is 131 Å². The van der Waals surface area contributed by atoms with E-state index in [-0.39, 0.29) is 5.91 Å². The first-order valence-corrected chi connectivity index (χ1v) is 8.26. The van der Waals surface area contributed by atoms with Crippen molar-refractivity contribution in [3.05, 3.63) is 29.0 Å². The van der Waals surface area contributed by atoms with Crippen LogP contribution in [0.2, 0.25) is 5.02 Å². The van der Waals surface area contributed by atoms with E-state index < -0.39 is 0 Å². The SMILES string of the molecule is O=C(c1ccncc1Cl)N1CCC(N2CCCCC2)CC1. The topological polar surface area (TPSA) is 36.4 Å². The zero-order chi connectivity index (χ0) is 14.7. The summed E-state index contributed by atoms with van der Waals surface area (Å²) in [7, 11) is 0. The molecule has 21 heavy (non-hydrogen) atoms. The maximum absolute atomic E-state index is 12.5. The molecule has 2 saturated heterocycles. The van der Waals surface area contributed by atoms with E-state index in [0.717, 1.165) is 25.9 Å². The van der Waals surface area contributed by atoms with Crippen LogP contribution in [-0.2, 0) is 0 Å². The predicted octanol–water partition coefficient (Wildman–Crippen LogP) is 2.83. The molecule has 0 radical (unpaired) electrons. The Morgan fingerprint density at radius 2 is 1.86 bits per heavy atom. The molecule has 0 aromatic carbocycles. The number of rotatable bonds is 2. The van der Waals surface area contributed by atoms with E-state index in [1.54, 1.807) is 12.3 Å². The second kappa shape index (κ2) is 6.75. The van der Waals surface area contributed by atoms with Crippen LogP contribution in [0.3, 0.4) is 0 Å². The Kier molecular flexibility index (Phi) is 4.76. The summed E-state index contributed by atoms with van der Waals surface area (Å²) in [5.74, 6) is 0.0412. The van der Waals surface area contributed by atoms with Crippen molar-refractivity contribution in [2.75, 3.05) is 26.2 Å². The molecule has 4 nitrogen and oxygen atoms in total. The predicted molar refractivity (Wildman–Crippen MR) is 83.6 cm³/mol. The van der Waals surface area contributed by atoms with Crippen molar-refractivity contribution in [1.29, 1.82) is 0 Å². The maximum atomic E-state index is 12.5. The van der Waals surface area contributed by atoms with E-state index in [2.05, 4.69) is 9.88 Å². The summed E-state index contributed by atoms with van der Waals surface area (Å²) < 4.78 is 0. The summed E-state index contributed by atoms with van der Waals surface area (Å²) in [6.45, 7) is 4.13. The highest BCUT2D eigenvalue weighted by atomic mass is 35.5. The number of pyridine rings is 1. The summed E-state index contributed by atoms with van der Waals surface area (Å²) in [6.07, 6.45) is 9.34. The van der Waals surface area contributed by atoms with E-state index in [1.807, 2.05) is 4.90 Å². The number of carbonyl (C=O) groups excluding carboxylic acids is 1. The van der Waals surface area contributed by atoms with Gasteiger partial charge in [-0.05, 0) is 44.8 Å². The Balaban J connectivity index is 1.58. The van der Waals surface area contributed by atoms with Crippen molar-refractivity contribution in [2.24, 2.45) is 0 Å².